The molecule has 2 rings (SSSR count). The molecule has 0 aromatic carbocycles. The summed E-state index contributed by atoms with van der Waals surface area (Å²) in [4.78, 5) is 16.3. The molecule has 0 bridgehead atoms. The first-order chi connectivity index (χ1) is 7.08. The van der Waals surface area contributed by atoms with Gasteiger partial charge in [0.05, 0.1) is 8.66 Å². The Labute approximate surface area is 106 Å². The van der Waals surface area contributed by atoms with Crippen LogP contribution in [0.4, 0.5) is 0 Å². The quantitative estimate of drug-likeness (QED) is 0.888. The maximum absolute atomic E-state index is 10.6. The number of hydrogen-bond acceptors (Lipinski definition) is 4. The van der Waals surface area contributed by atoms with Gasteiger partial charge in [0.25, 0.3) is 0 Å². The van der Waals surface area contributed by atoms with Crippen molar-refractivity contribution in [1.82, 2.24) is 0 Å². The molecule has 0 fully saturated rings. The van der Waals surface area contributed by atoms with Crippen LogP contribution in [0.15, 0.2) is 19.5 Å². The van der Waals surface area contributed by atoms with Crippen LogP contribution in [0.2, 0.25) is 0 Å². The fourth-order valence-corrected chi connectivity index (χ4v) is 3.17. The molecular weight excluding hydrogens is 350 g/mol. The summed E-state index contributed by atoms with van der Waals surface area (Å²) in [6.45, 7) is 0. The first kappa shape index (κ1) is 11.1. The molecule has 0 spiro atoms. The van der Waals surface area contributed by atoms with E-state index in [1.807, 2.05) is 6.07 Å². The van der Waals surface area contributed by atoms with Crippen LogP contribution in [-0.4, -0.2) is 22.9 Å². The van der Waals surface area contributed by atoms with Crippen LogP contribution in [0.1, 0.15) is 11.3 Å². The molecule has 0 saturated carbocycles. The van der Waals surface area contributed by atoms with Gasteiger partial charge in [0, 0.05) is 10.9 Å². The van der Waals surface area contributed by atoms with Gasteiger partial charge in [-0.3, -0.25) is 0 Å². The zero-order valence-corrected chi connectivity index (χ0v) is 11.2. The van der Waals surface area contributed by atoms with Crippen molar-refractivity contribution in [2.75, 3.05) is 0 Å². The van der Waals surface area contributed by atoms with Crippen molar-refractivity contribution in [2.45, 2.75) is 12.5 Å². The van der Waals surface area contributed by atoms with E-state index >= 15 is 0 Å². The molecule has 0 aliphatic carbocycles. The molecule has 15 heavy (non-hydrogen) atoms. The van der Waals surface area contributed by atoms with Crippen molar-refractivity contribution in [1.29, 1.82) is 0 Å². The molecule has 1 aliphatic heterocycles. The van der Waals surface area contributed by atoms with Gasteiger partial charge in [-0.1, -0.05) is 5.16 Å². The number of thiophene rings is 1. The maximum atomic E-state index is 10.6. The van der Waals surface area contributed by atoms with E-state index in [0.29, 0.717) is 12.1 Å². The van der Waals surface area contributed by atoms with Crippen molar-refractivity contribution < 1.29 is 14.7 Å². The predicted molar refractivity (Wildman–Crippen MR) is 63.4 cm³/mol. The molecule has 7 heteroatoms. The van der Waals surface area contributed by atoms with Gasteiger partial charge in [0.2, 0.25) is 6.10 Å². The van der Waals surface area contributed by atoms with E-state index in [0.717, 1.165) is 13.1 Å². The molecule has 1 N–H and O–H groups in total. The average molecular weight is 355 g/mol. The fourth-order valence-electron chi connectivity index (χ4n) is 1.14. The highest BCUT2D eigenvalue weighted by atomic mass is 79.9. The maximum Gasteiger partial charge on any atom is 0.348 e. The highest BCUT2D eigenvalue weighted by Gasteiger charge is 2.29. The summed E-state index contributed by atoms with van der Waals surface area (Å²) in [5, 5.41) is 12.5. The third-order valence-corrected chi connectivity index (χ3v) is 5.18. The Balaban J connectivity index is 2.17. The van der Waals surface area contributed by atoms with E-state index in [9.17, 15) is 4.79 Å². The van der Waals surface area contributed by atoms with Crippen LogP contribution < -0.4 is 0 Å². The van der Waals surface area contributed by atoms with Crippen molar-refractivity contribution in [3.05, 3.63) is 19.2 Å². The Hall–Kier alpha value is -0.400. The van der Waals surface area contributed by atoms with Crippen molar-refractivity contribution in [3.63, 3.8) is 0 Å². The minimum Gasteiger partial charge on any atom is -0.478 e. The number of hydrogen-bond donors (Lipinski definition) is 1. The van der Waals surface area contributed by atoms with Crippen LogP contribution in [0.3, 0.4) is 0 Å². The summed E-state index contributed by atoms with van der Waals surface area (Å²) in [6.07, 6.45) is -0.533. The van der Waals surface area contributed by atoms with E-state index in [-0.39, 0.29) is 0 Å². The SMILES string of the molecule is O=C(O)C1CC(c2cc(Br)c(Br)s2)=NO1. The van der Waals surface area contributed by atoms with E-state index in [4.69, 9.17) is 9.94 Å². The Morgan fingerprint density at radius 2 is 2.40 bits per heavy atom. The second-order valence-electron chi connectivity index (χ2n) is 2.91. The standard InChI is InChI=1S/C8H5Br2NO3S/c9-3-1-6(15-7(3)10)4-2-5(8(12)13)14-11-4/h1,5H,2H2,(H,12,13). The molecule has 0 amide bonds. The monoisotopic (exact) mass is 353 g/mol. The van der Waals surface area contributed by atoms with Crippen molar-refractivity contribution >= 4 is 54.9 Å². The summed E-state index contributed by atoms with van der Waals surface area (Å²) in [5.41, 5.74) is 0.679. The van der Waals surface area contributed by atoms with Crippen LogP contribution in [0.25, 0.3) is 0 Å². The summed E-state index contributed by atoms with van der Waals surface area (Å²) in [6, 6.07) is 1.89. The number of carbonyl (C=O) groups is 1. The topological polar surface area (TPSA) is 58.9 Å². The third kappa shape index (κ3) is 2.24. The summed E-state index contributed by atoms with van der Waals surface area (Å²) < 4.78 is 1.89. The lowest BCUT2D eigenvalue weighted by molar-refractivity contribution is -0.148. The normalized spacial score (nSPS) is 19.9. The number of oxime groups is 1. The molecule has 0 radical (unpaired) electrons. The molecule has 1 atom stereocenters. The Morgan fingerprint density at radius 3 is 2.87 bits per heavy atom. The van der Waals surface area contributed by atoms with Gasteiger partial charge in [-0.2, -0.15) is 0 Å². The summed E-state index contributed by atoms with van der Waals surface area (Å²) in [7, 11) is 0. The van der Waals surface area contributed by atoms with Crippen molar-refractivity contribution in [2.24, 2.45) is 5.16 Å². The largest absolute Gasteiger partial charge is 0.478 e. The highest BCUT2D eigenvalue weighted by Crippen LogP contribution is 2.34. The second kappa shape index (κ2) is 4.23. The number of carboxylic acid groups (broad SMARTS) is 1. The number of carboxylic acids is 1. The van der Waals surface area contributed by atoms with Crippen LogP contribution >= 0.6 is 43.2 Å². The van der Waals surface area contributed by atoms with Crippen LogP contribution in [-0.2, 0) is 9.63 Å². The second-order valence-corrected chi connectivity index (χ2v) is 6.13. The lowest BCUT2D eigenvalue weighted by Crippen LogP contribution is -2.19. The number of halogens is 2. The van der Waals surface area contributed by atoms with Gasteiger partial charge in [0.15, 0.2) is 0 Å². The Kier molecular flexibility index (Phi) is 3.13. The minimum atomic E-state index is -0.983. The zero-order valence-electron chi connectivity index (χ0n) is 7.24. The molecule has 4 nitrogen and oxygen atoms in total. The van der Waals surface area contributed by atoms with Gasteiger partial charge < -0.3 is 9.94 Å². The first-order valence-electron chi connectivity index (χ1n) is 3.98. The fraction of sp³-hybridized carbons (Fsp3) is 0.250. The lowest BCUT2D eigenvalue weighted by Gasteiger charge is -1.98. The number of rotatable bonds is 2. The molecule has 80 valence electrons. The van der Waals surface area contributed by atoms with Gasteiger partial charge in [-0.25, -0.2) is 4.79 Å². The molecule has 1 aromatic heterocycles. The molecular formula is C8H5Br2NO3S. The Bertz CT molecular complexity index is 424. The van der Waals surface area contributed by atoms with Crippen molar-refractivity contribution in [3.8, 4) is 0 Å². The first-order valence-corrected chi connectivity index (χ1v) is 6.39. The summed E-state index contributed by atoms with van der Waals surface area (Å²) >= 11 is 8.22. The zero-order chi connectivity index (χ0) is 11.0. The van der Waals surface area contributed by atoms with Crippen LogP contribution in [0.5, 0.6) is 0 Å². The third-order valence-electron chi connectivity index (χ3n) is 1.87. The van der Waals surface area contributed by atoms with Crippen LogP contribution in [0, 0.1) is 0 Å². The van der Waals surface area contributed by atoms with Gasteiger partial charge >= 0.3 is 5.97 Å². The van der Waals surface area contributed by atoms with E-state index in [1.165, 1.54) is 11.3 Å². The van der Waals surface area contributed by atoms with E-state index in [1.54, 1.807) is 0 Å². The average Bonchev–Trinajstić information content (AvgIpc) is 2.74. The van der Waals surface area contributed by atoms with Gasteiger partial charge in [-0.05, 0) is 37.9 Å². The van der Waals surface area contributed by atoms with Gasteiger partial charge in [0.1, 0.15) is 5.71 Å². The van der Waals surface area contributed by atoms with E-state index in [2.05, 4.69) is 37.0 Å². The highest BCUT2D eigenvalue weighted by molar-refractivity contribution is 9.13. The van der Waals surface area contributed by atoms with Gasteiger partial charge in [-0.15, -0.1) is 11.3 Å². The Morgan fingerprint density at radius 1 is 1.67 bits per heavy atom. The molecule has 1 aliphatic rings. The van der Waals surface area contributed by atoms with E-state index < -0.39 is 12.1 Å². The number of aliphatic carboxylic acids is 1. The molecule has 1 unspecified atom stereocenters. The lowest BCUT2D eigenvalue weighted by atomic mass is 10.1. The predicted octanol–water partition coefficient (Wildman–Crippen LogP) is 2.85. The molecule has 1 aromatic rings. The molecule has 2 heterocycles. The smallest absolute Gasteiger partial charge is 0.348 e. The molecule has 0 saturated heterocycles. The summed E-state index contributed by atoms with van der Waals surface area (Å²) in [5.74, 6) is -0.983. The minimum absolute atomic E-state index is 0.314. The number of nitrogens with zero attached hydrogens (tertiary/aromatic N) is 1.